The van der Waals surface area contributed by atoms with Gasteiger partial charge in [0.15, 0.2) is 5.82 Å². The highest BCUT2D eigenvalue weighted by molar-refractivity contribution is 5.94. The van der Waals surface area contributed by atoms with Crippen molar-refractivity contribution in [3.63, 3.8) is 0 Å². The van der Waals surface area contributed by atoms with E-state index in [-0.39, 0.29) is 17.2 Å². The quantitative estimate of drug-likeness (QED) is 0.617. The molecular weight excluding hydrogens is 418 g/mol. The molecule has 1 N–H and O–H groups in total. The van der Waals surface area contributed by atoms with Gasteiger partial charge in [0.05, 0.1) is 30.2 Å². The Morgan fingerprint density at radius 1 is 1.29 bits per heavy atom. The first-order chi connectivity index (χ1) is 14.8. The van der Waals surface area contributed by atoms with Gasteiger partial charge in [0.1, 0.15) is 5.69 Å². The maximum absolute atomic E-state index is 14.2. The second-order valence-corrected chi connectivity index (χ2v) is 6.86. The summed E-state index contributed by atoms with van der Waals surface area (Å²) in [5.74, 6) is -0.952. The fraction of sp³-hybridized carbons (Fsp3) is 0.300. The number of amides is 1. The number of rotatable bonds is 5. The standard InChI is InChI=1S/C20H17F4N5O2/c1-2-31-18-7-11(3-5-25-18)19(30)27-14-4-6-29-16(14)9-15(28-29)12-8-17(20(22,23)24)26-10-13(12)21/h3,5,7-10,14H,2,4,6H2,1H3,(H,27,30)/t14-/m0/s1. The zero-order chi connectivity index (χ0) is 22.2. The number of carbonyl (C=O) groups excluding carboxylic acids is 1. The molecule has 0 saturated heterocycles. The van der Waals surface area contributed by atoms with Gasteiger partial charge in [-0.15, -0.1) is 0 Å². The third-order valence-electron chi connectivity index (χ3n) is 4.81. The first-order valence-electron chi connectivity index (χ1n) is 9.47. The lowest BCUT2D eigenvalue weighted by Crippen LogP contribution is -2.27. The van der Waals surface area contributed by atoms with Crippen LogP contribution in [0.3, 0.4) is 0 Å². The van der Waals surface area contributed by atoms with Gasteiger partial charge in [0, 0.05) is 29.9 Å². The molecule has 0 saturated carbocycles. The summed E-state index contributed by atoms with van der Waals surface area (Å²) in [5, 5.41) is 7.08. The fourth-order valence-corrected chi connectivity index (χ4v) is 3.38. The van der Waals surface area contributed by atoms with Crippen molar-refractivity contribution in [3.8, 4) is 17.1 Å². The zero-order valence-electron chi connectivity index (χ0n) is 16.3. The second kappa shape index (κ2) is 7.97. The maximum Gasteiger partial charge on any atom is 0.433 e. The highest BCUT2D eigenvalue weighted by atomic mass is 19.4. The van der Waals surface area contributed by atoms with Crippen LogP contribution in [0.5, 0.6) is 5.88 Å². The molecule has 1 amide bonds. The van der Waals surface area contributed by atoms with Crippen molar-refractivity contribution in [1.29, 1.82) is 0 Å². The molecule has 0 aliphatic carbocycles. The van der Waals surface area contributed by atoms with Gasteiger partial charge in [-0.25, -0.2) is 14.4 Å². The number of halogens is 4. The van der Waals surface area contributed by atoms with Crippen molar-refractivity contribution in [1.82, 2.24) is 25.1 Å². The Hall–Kier alpha value is -3.50. The van der Waals surface area contributed by atoms with Gasteiger partial charge in [0.2, 0.25) is 5.88 Å². The first kappa shape index (κ1) is 20.8. The van der Waals surface area contributed by atoms with Crippen LogP contribution < -0.4 is 10.1 Å². The predicted octanol–water partition coefficient (Wildman–Crippen LogP) is 3.77. The molecule has 3 aromatic heterocycles. The minimum absolute atomic E-state index is 0.0434. The summed E-state index contributed by atoms with van der Waals surface area (Å²) in [6.45, 7) is 2.64. The van der Waals surface area contributed by atoms with E-state index in [1.807, 2.05) is 0 Å². The van der Waals surface area contributed by atoms with Gasteiger partial charge < -0.3 is 10.1 Å². The minimum Gasteiger partial charge on any atom is -0.478 e. The van der Waals surface area contributed by atoms with E-state index in [1.165, 1.54) is 18.3 Å². The zero-order valence-corrected chi connectivity index (χ0v) is 16.3. The highest BCUT2D eigenvalue weighted by Crippen LogP contribution is 2.34. The lowest BCUT2D eigenvalue weighted by molar-refractivity contribution is -0.141. The summed E-state index contributed by atoms with van der Waals surface area (Å²) in [7, 11) is 0. The molecule has 0 radical (unpaired) electrons. The first-order valence-corrected chi connectivity index (χ1v) is 9.47. The number of nitrogens with zero attached hydrogens (tertiary/aromatic N) is 4. The topological polar surface area (TPSA) is 81.9 Å². The molecule has 0 aromatic carbocycles. The highest BCUT2D eigenvalue weighted by Gasteiger charge is 2.34. The molecule has 31 heavy (non-hydrogen) atoms. The number of ether oxygens (including phenoxy) is 1. The van der Waals surface area contributed by atoms with Crippen LogP contribution in [0.1, 0.15) is 41.1 Å². The van der Waals surface area contributed by atoms with Gasteiger partial charge in [0.25, 0.3) is 5.91 Å². The van der Waals surface area contributed by atoms with Crippen LogP contribution in [0, 0.1) is 5.82 Å². The molecule has 3 aromatic rings. The Morgan fingerprint density at radius 3 is 2.84 bits per heavy atom. The average molecular weight is 435 g/mol. The summed E-state index contributed by atoms with van der Waals surface area (Å²) in [6, 6.07) is 4.74. The second-order valence-electron chi connectivity index (χ2n) is 6.86. The van der Waals surface area contributed by atoms with E-state index in [4.69, 9.17) is 4.74 Å². The molecule has 0 fully saturated rings. The molecule has 11 heteroatoms. The van der Waals surface area contributed by atoms with Crippen LogP contribution in [0.15, 0.2) is 36.7 Å². The molecule has 0 unspecified atom stereocenters. The average Bonchev–Trinajstić information content (AvgIpc) is 3.30. The fourth-order valence-electron chi connectivity index (χ4n) is 3.38. The number of nitrogens with one attached hydrogen (secondary N) is 1. The Morgan fingerprint density at radius 2 is 2.10 bits per heavy atom. The number of carbonyl (C=O) groups is 1. The van der Waals surface area contributed by atoms with Crippen LogP contribution in [0.25, 0.3) is 11.3 Å². The number of alkyl halides is 3. The smallest absolute Gasteiger partial charge is 0.433 e. The van der Waals surface area contributed by atoms with Crippen LogP contribution in [0.4, 0.5) is 17.6 Å². The van der Waals surface area contributed by atoms with E-state index in [2.05, 4.69) is 20.4 Å². The number of hydrogen-bond acceptors (Lipinski definition) is 5. The summed E-state index contributed by atoms with van der Waals surface area (Å²) in [6.07, 6.45) is -2.17. The lowest BCUT2D eigenvalue weighted by Gasteiger charge is -2.12. The SMILES string of the molecule is CCOc1cc(C(=O)N[C@H]2CCn3nc(-c4cc(C(F)(F)F)ncc4F)cc32)ccn1. The Bertz CT molecular complexity index is 1130. The van der Waals surface area contributed by atoms with E-state index in [1.54, 1.807) is 17.7 Å². The van der Waals surface area contributed by atoms with Gasteiger partial charge in [-0.1, -0.05) is 0 Å². The number of aryl methyl sites for hydroxylation is 1. The van der Waals surface area contributed by atoms with E-state index in [0.29, 0.717) is 49.0 Å². The molecule has 0 spiro atoms. The van der Waals surface area contributed by atoms with Gasteiger partial charge >= 0.3 is 6.18 Å². The monoisotopic (exact) mass is 435 g/mol. The third-order valence-corrected chi connectivity index (χ3v) is 4.81. The Kier molecular flexibility index (Phi) is 5.34. The van der Waals surface area contributed by atoms with E-state index >= 15 is 0 Å². The minimum atomic E-state index is -4.70. The summed E-state index contributed by atoms with van der Waals surface area (Å²) in [5.41, 5.74) is -0.532. The largest absolute Gasteiger partial charge is 0.478 e. The van der Waals surface area contributed by atoms with Crippen molar-refractivity contribution in [3.05, 3.63) is 59.4 Å². The van der Waals surface area contributed by atoms with Gasteiger partial charge in [-0.3, -0.25) is 9.48 Å². The van der Waals surface area contributed by atoms with E-state index in [9.17, 15) is 22.4 Å². The summed E-state index contributed by atoms with van der Waals surface area (Å²) >= 11 is 0. The molecule has 162 valence electrons. The molecule has 4 heterocycles. The van der Waals surface area contributed by atoms with E-state index < -0.39 is 23.7 Å². The van der Waals surface area contributed by atoms with Crippen LogP contribution in [0.2, 0.25) is 0 Å². The number of fused-ring (bicyclic) bond motifs is 1. The van der Waals surface area contributed by atoms with Crippen molar-refractivity contribution in [2.24, 2.45) is 0 Å². The van der Waals surface area contributed by atoms with Gasteiger partial charge in [-0.2, -0.15) is 18.3 Å². The molecule has 4 rings (SSSR count). The Balaban J connectivity index is 1.57. The molecular formula is C20H17F4N5O2. The van der Waals surface area contributed by atoms with Crippen molar-refractivity contribution in [2.45, 2.75) is 32.1 Å². The Labute approximate surface area is 174 Å². The van der Waals surface area contributed by atoms with Crippen LogP contribution in [-0.2, 0) is 12.7 Å². The third kappa shape index (κ3) is 4.21. The summed E-state index contributed by atoms with van der Waals surface area (Å²) in [4.78, 5) is 19.7. The van der Waals surface area contributed by atoms with Crippen molar-refractivity contribution >= 4 is 5.91 Å². The molecule has 0 bridgehead atoms. The van der Waals surface area contributed by atoms with Crippen LogP contribution in [-0.4, -0.2) is 32.3 Å². The maximum atomic E-state index is 14.2. The van der Waals surface area contributed by atoms with E-state index in [0.717, 1.165) is 0 Å². The number of hydrogen-bond donors (Lipinski definition) is 1. The predicted molar refractivity (Wildman–Crippen MR) is 101 cm³/mol. The lowest BCUT2D eigenvalue weighted by atomic mass is 10.1. The van der Waals surface area contributed by atoms with Crippen LogP contribution >= 0.6 is 0 Å². The number of aromatic nitrogens is 4. The molecule has 7 nitrogen and oxygen atoms in total. The normalized spacial score (nSPS) is 15.6. The van der Waals surface area contributed by atoms with Crippen molar-refractivity contribution in [2.75, 3.05) is 6.61 Å². The number of pyridine rings is 2. The molecule has 1 aliphatic rings. The van der Waals surface area contributed by atoms with Crippen molar-refractivity contribution < 1.29 is 27.1 Å². The summed E-state index contributed by atoms with van der Waals surface area (Å²) < 4.78 is 59.9. The molecule has 1 atom stereocenters. The van der Waals surface area contributed by atoms with Gasteiger partial charge in [-0.05, 0) is 31.5 Å². The molecule has 1 aliphatic heterocycles.